The molecule has 34 heavy (non-hydrogen) atoms. The lowest BCUT2D eigenvalue weighted by Crippen LogP contribution is -2.53. The Morgan fingerprint density at radius 1 is 1.21 bits per heavy atom. The SMILES string of the molecule is N[N+]12C=CN=CC1=C(C1CCC(CNC(=O)c3ccoc3)CC1)N=C2c1cc2ccccc2[nH]1. The van der Waals surface area contributed by atoms with E-state index in [0.717, 1.165) is 59.5 Å². The van der Waals surface area contributed by atoms with E-state index in [1.54, 1.807) is 12.3 Å². The van der Waals surface area contributed by atoms with Gasteiger partial charge in [-0.15, -0.1) is 4.59 Å². The van der Waals surface area contributed by atoms with Crippen LogP contribution in [0.25, 0.3) is 10.9 Å². The summed E-state index contributed by atoms with van der Waals surface area (Å²) in [6.45, 7) is 0.674. The third-order valence-corrected chi connectivity index (χ3v) is 7.16. The third-order valence-electron chi connectivity index (χ3n) is 7.16. The number of nitrogens with one attached hydrogen (secondary N) is 2. The van der Waals surface area contributed by atoms with Gasteiger partial charge < -0.3 is 14.7 Å². The molecular weight excluding hydrogens is 428 g/mol. The van der Waals surface area contributed by atoms with Gasteiger partial charge in [0.1, 0.15) is 23.9 Å². The van der Waals surface area contributed by atoms with Gasteiger partial charge in [0.05, 0.1) is 24.2 Å². The highest BCUT2D eigenvalue weighted by Gasteiger charge is 2.46. The lowest BCUT2D eigenvalue weighted by Gasteiger charge is -2.29. The fourth-order valence-corrected chi connectivity index (χ4v) is 5.25. The van der Waals surface area contributed by atoms with Gasteiger partial charge in [0.2, 0.25) is 5.70 Å². The minimum absolute atomic E-state index is 0.0341. The Bertz CT molecular complexity index is 1320. The van der Waals surface area contributed by atoms with Crippen LogP contribution in [0.1, 0.15) is 41.7 Å². The molecule has 1 aromatic carbocycles. The number of fused-ring (bicyclic) bond motifs is 2. The van der Waals surface area contributed by atoms with E-state index < -0.39 is 0 Å². The number of amidine groups is 1. The van der Waals surface area contributed by atoms with E-state index >= 15 is 0 Å². The maximum absolute atomic E-state index is 12.2. The fraction of sp³-hybridized carbons (Fsp3) is 0.269. The molecule has 172 valence electrons. The second-order valence-electron chi connectivity index (χ2n) is 9.27. The number of nitrogens with zero attached hydrogens (tertiary/aromatic N) is 3. The summed E-state index contributed by atoms with van der Waals surface area (Å²) in [5, 5.41) is 4.17. The Hall–Kier alpha value is -3.75. The molecule has 2 aromatic heterocycles. The van der Waals surface area contributed by atoms with Crippen LogP contribution in [-0.2, 0) is 0 Å². The topological polar surface area (TPSA) is 109 Å². The first-order valence-electron chi connectivity index (χ1n) is 11.7. The lowest BCUT2D eigenvalue weighted by atomic mass is 9.80. The number of amides is 1. The number of quaternary nitrogens is 1. The number of carbonyl (C=O) groups is 1. The van der Waals surface area contributed by atoms with Crippen LogP contribution >= 0.6 is 0 Å². The molecule has 4 N–H and O–H groups in total. The number of H-pyrrole nitrogens is 1. The molecule has 1 unspecified atom stereocenters. The highest BCUT2D eigenvalue weighted by molar-refractivity contribution is 6.02. The summed E-state index contributed by atoms with van der Waals surface area (Å²) in [5.41, 5.74) is 4.52. The number of rotatable bonds is 5. The van der Waals surface area contributed by atoms with Gasteiger partial charge in [-0.25, -0.2) is 0 Å². The number of aliphatic imine (C=N–C) groups is 2. The zero-order valence-electron chi connectivity index (χ0n) is 18.8. The molecule has 1 atom stereocenters. The number of carbonyl (C=O) groups excluding carboxylic acids is 1. The van der Waals surface area contributed by atoms with E-state index in [2.05, 4.69) is 33.5 Å². The van der Waals surface area contributed by atoms with E-state index in [4.69, 9.17) is 15.3 Å². The van der Waals surface area contributed by atoms with Crippen molar-refractivity contribution in [3.63, 3.8) is 0 Å². The van der Waals surface area contributed by atoms with Gasteiger partial charge in [0.25, 0.3) is 11.7 Å². The Morgan fingerprint density at radius 2 is 2.06 bits per heavy atom. The van der Waals surface area contributed by atoms with Gasteiger partial charge >= 0.3 is 0 Å². The average molecular weight is 456 g/mol. The third kappa shape index (κ3) is 3.52. The number of hydrogen-bond acceptors (Lipinski definition) is 5. The second-order valence-corrected chi connectivity index (χ2v) is 9.27. The van der Waals surface area contributed by atoms with Crippen LogP contribution in [0.5, 0.6) is 0 Å². The number of para-hydroxylation sites is 1. The number of nitrogens with two attached hydrogens (primary N) is 1. The van der Waals surface area contributed by atoms with E-state index in [1.165, 1.54) is 12.5 Å². The van der Waals surface area contributed by atoms with E-state index in [-0.39, 0.29) is 10.5 Å². The normalized spacial score (nSPS) is 26.1. The zero-order chi connectivity index (χ0) is 23.1. The molecule has 8 nitrogen and oxygen atoms in total. The van der Waals surface area contributed by atoms with Crippen molar-refractivity contribution in [1.82, 2.24) is 10.3 Å². The fourth-order valence-electron chi connectivity index (χ4n) is 5.25. The lowest BCUT2D eigenvalue weighted by molar-refractivity contribution is -0.750. The van der Waals surface area contributed by atoms with Crippen molar-refractivity contribution in [3.8, 4) is 0 Å². The Balaban J connectivity index is 1.20. The van der Waals surface area contributed by atoms with Crippen molar-refractivity contribution in [3.05, 3.63) is 84.0 Å². The predicted molar refractivity (Wildman–Crippen MR) is 130 cm³/mol. The smallest absolute Gasteiger partial charge is 0.281 e. The minimum Gasteiger partial charge on any atom is -0.472 e. The standard InChI is InChI=1S/C26H26N6O2/c27-32-11-10-28-15-23(32)24(31-25(32)22-13-19-3-1-2-4-21(19)30-22)18-7-5-17(6-8-18)14-29-26(33)20-9-12-34-16-20/h1-4,9-13,15-18H,5-8,14,27H2,(H-,28,29,30,31,33)/p+1. The summed E-state index contributed by atoms with van der Waals surface area (Å²) in [7, 11) is 0. The number of aromatic nitrogens is 1. The average Bonchev–Trinajstić information content (AvgIpc) is 3.60. The zero-order valence-corrected chi connectivity index (χ0v) is 18.8. The molecular formula is C26H27N6O2+. The van der Waals surface area contributed by atoms with Crippen LogP contribution in [0.2, 0.25) is 0 Å². The van der Waals surface area contributed by atoms with E-state index in [0.29, 0.717) is 23.9 Å². The number of benzene rings is 1. The van der Waals surface area contributed by atoms with Crippen molar-refractivity contribution in [2.75, 3.05) is 6.54 Å². The number of hydrogen-bond donors (Lipinski definition) is 3. The van der Waals surface area contributed by atoms with Crippen LogP contribution in [0.3, 0.4) is 0 Å². The quantitative estimate of drug-likeness (QED) is 0.396. The molecule has 0 saturated heterocycles. The van der Waals surface area contributed by atoms with Gasteiger partial charge in [0, 0.05) is 23.4 Å². The molecule has 3 aromatic rings. The molecule has 3 aliphatic rings. The molecule has 0 radical (unpaired) electrons. The molecule has 1 amide bonds. The Kier molecular flexibility index (Phi) is 5.04. The molecule has 0 spiro atoms. The minimum atomic E-state index is -0.0837. The van der Waals surface area contributed by atoms with Crippen molar-refractivity contribution in [2.24, 2.45) is 27.7 Å². The van der Waals surface area contributed by atoms with E-state index in [9.17, 15) is 4.79 Å². The van der Waals surface area contributed by atoms with Crippen LogP contribution in [0.4, 0.5) is 0 Å². The highest BCUT2D eigenvalue weighted by Crippen LogP contribution is 2.41. The summed E-state index contributed by atoms with van der Waals surface area (Å²) in [6.07, 6.45) is 12.5. The molecule has 1 saturated carbocycles. The summed E-state index contributed by atoms with van der Waals surface area (Å²) < 4.78 is 5.03. The molecule has 4 heterocycles. The van der Waals surface area contributed by atoms with Crippen LogP contribution in [-0.4, -0.2) is 34.1 Å². The largest absolute Gasteiger partial charge is 0.472 e. The van der Waals surface area contributed by atoms with Crippen LogP contribution < -0.4 is 11.2 Å². The first kappa shape index (κ1) is 20.8. The van der Waals surface area contributed by atoms with Crippen molar-refractivity contribution in [1.29, 1.82) is 0 Å². The first-order chi connectivity index (χ1) is 16.6. The van der Waals surface area contributed by atoms with Gasteiger partial charge in [-0.3, -0.25) is 9.79 Å². The maximum atomic E-state index is 12.2. The van der Waals surface area contributed by atoms with Crippen LogP contribution in [0.15, 0.2) is 87.1 Å². The summed E-state index contributed by atoms with van der Waals surface area (Å²) in [4.78, 5) is 25.2. The second kappa shape index (κ2) is 8.23. The monoisotopic (exact) mass is 455 g/mol. The Morgan fingerprint density at radius 3 is 2.85 bits per heavy atom. The Labute approximate surface area is 197 Å². The molecule has 6 rings (SSSR count). The molecule has 8 heteroatoms. The van der Waals surface area contributed by atoms with Gasteiger partial charge in [-0.2, -0.15) is 10.8 Å². The highest BCUT2D eigenvalue weighted by atomic mass is 16.3. The maximum Gasteiger partial charge on any atom is 0.281 e. The van der Waals surface area contributed by atoms with Gasteiger partial charge in [0.15, 0.2) is 0 Å². The van der Waals surface area contributed by atoms with Crippen molar-refractivity contribution >= 4 is 28.9 Å². The number of allylic oxidation sites excluding steroid dienone is 2. The van der Waals surface area contributed by atoms with Crippen molar-refractivity contribution < 1.29 is 13.8 Å². The summed E-state index contributed by atoms with van der Waals surface area (Å²) in [5.74, 6) is 8.38. The predicted octanol–water partition coefficient (Wildman–Crippen LogP) is 4.22. The van der Waals surface area contributed by atoms with Gasteiger partial charge in [-0.1, -0.05) is 18.2 Å². The summed E-state index contributed by atoms with van der Waals surface area (Å²) >= 11 is 0. The first-order valence-corrected chi connectivity index (χ1v) is 11.7. The molecule has 0 bridgehead atoms. The van der Waals surface area contributed by atoms with Crippen LogP contribution in [0, 0.1) is 11.8 Å². The van der Waals surface area contributed by atoms with Gasteiger partial charge in [-0.05, 0) is 49.8 Å². The van der Waals surface area contributed by atoms with E-state index in [1.807, 2.05) is 24.5 Å². The molecule has 1 aliphatic carbocycles. The summed E-state index contributed by atoms with van der Waals surface area (Å²) in [6, 6.07) is 12.0. The number of furan rings is 1. The number of aromatic amines is 1. The van der Waals surface area contributed by atoms with Crippen molar-refractivity contribution in [2.45, 2.75) is 25.7 Å². The molecule has 2 aliphatic heterocycles. The molecule has 1 fully saturated rings.